The van der Waals surface area contributed by atoms with Gasteiger partial charge in [-0.15, -0.1) is 0 Å². The second kappa shape index (κ2) is 3.38. The van der Waals surface area contributed by atoms with Gasteiger partial charge in [0.2, 0.25) is 0 Å². The smallest absolute Gasteiger partial charge is 0.0402 e. The van der Waals surface area contributed by atoms with Gasteiger partial charge in [0.1, 0.15) is 0 Å². The second-order valence-electron chi connectivity index (χ2n) is 4.49. The molecular weight excluding hydrogens is 194 g/mol. The molecule has 2 aromatic rings. The summed E-state index contributed by atoms with van der Waals surface area (Å²) in [5, 5.41) is 4.28. The summed E-state index contributed by atoms with van der Waals surface area (Å²) >= 11 is 0. The molecule has 0 heterocycles. The first-order valence-corrected chi connectivity index (χ1v) is 5.40. The summed E-state index contributed by atoms with van der Waals surface area (Å²) in [6, 6.07) is 4.10. The third kappa shape index (κ3) is 1.32. The summed E-state index contributed by atoms with van der Waals surface area (Å²) in [5.74, 6) is 0. The molecular formula is C15H17N. The predicted molar refractivity (Wildman–Crippen MR) is 72.9 cm³/mol. The van der Waals surface area contributed by atoms with E-state index in [1.807, 2.05) is 13.0 Å². The van der Waals surface area contributed by atoms with Crippen molar-refractivity contribution in [2.24, 2.45) is 0 Å². The minimum atomic E-state index is 0.803. The van der Waals surface area contributed by atoms with Gasteiger partial charge in [-0.1, -0.05) is 19.2 Å². The Bertz CT molecular complexity index is 681. The summed E-state index contributed by atoms with van der Waals surface area (Å²) in [4.78, 5) is 0. The molecule has 0 aliphatic carbocycles. The van der Waals surface area contributed by atoms with E-state index in [4.69, 9.17) is 5.73 Å². The number of fused-ring (bicyclic) bond motifs is 1. The first kappa shape index (κ1) is 10.7. The number of rotatable bonds is 0. The maximum Gasteiger partial charge on any atom is 0.0402 e. The van der Waals surface area contributed by atoms with E-state index in [1.165, 1.54) is 11.1 Å². The van der Waals surface area contributed by atoms with Crippen LogP contribution in [0.5, 0.6) is 0 Å². The second-order valence-corrected chi connectivity index (χ2v) is 4.49. The molecule has 0 aliphatic rings. The van der Waals surface area contributed by atoms with E-state index in [0.29, 0.717) is 0 Å². The lowest BCUT2D eigenvalue weighted by molar-refractivity contribution is 1.35. The number of nitrogen functional groups attached to an aromatic ring is 1. The molecule has 1 heteroatoms. The first-order valence-electron chi connectivity index (χ1n) is 5.40. The Kier molecular flexibility index (Phi) is 2.27. The quantitative estimate of drug-likeness (QED) is 0.664. The zero-order chi connectivity index (χ0) is 12.0. The molecule has 0 radical (unpaired) electrons. The van der Waals surface area contributed by atoms with Gasteiger partial charge in [-0.2, -0.15) is 0 Å². The van der Waals surface area contributed by atoms with Crippen molar-refractivity contribution >= 4 is 29.6 Å². The third-order valence-electron chi connectivity index (χ3n) is 3.37. The molecule has 0 fully saturated rings. The monoisotopic (exact) mass is 211 g/mol. The van der Waals surface area contributed by atoms with Gasteiger partial charge < -0.3 is 5.73 Å². The van der Waals surface area contributed by atoms with Crippen LogP contribution < -0.4 is 16.2 Å². The van der Waals surface area contributed by atoms with Crippen LogP contribution in [-0.2, 0) is 0 Å². The lowest BCUT2D eigenvalue weighted by Crippen LogP contribution is -2.16. The zero-order valence-electron chi connectivity index (χ0n) is 10.1. The van der Waals surface area contributed by atoms with Gasteiger partial charge in [-0.25, -0.2) is 0 Å². The summed E-state index contributed by atoms with van der Waals surface area (Å²) in [6.45, 7) is 14.5. The van der Waals surface area contributed by atoms with Crippen LogP contribution in [-0.4, -0.2) is 0 Å². The van der Waals surface area contributed by atoms with Crippen molar-refractivity contribution in [1.29, 1.82) is 0 Å². The van der Waals surface area contributed by atoms with E-state index >= 15 is 0 Å². The normalized spacial score (nSPS) is 10.9. The highest BCUT2D eigenvalue weighted by Gasteiger charge is 2.07. The average molecular weight is 211 g/mol. The van der Waals surface area contributed by atoms with Crippen LogP contribution in [0.15, 0.2) is 12.1 Å². The first-order chi connectivity index (χ1) is 7.43. The standard InChI is InChI=1S/C15H17N/c1-8-6-10(3)14-11(4)9(2)7-13(16)15(14)12(8)5/h6-7H,3,5,16H2,1-2,4H3. The summed E-state index contributed by atoms with van der Waals surface area (Å²) in [7, 11) is 0. The fraction of sp³-hybridized carbons (Fsp3) is 0.200. The van der Waals surface area contributed by atoms with Gasteiger partial charge in [-0.3, -0.25) is 0 Å². The SMILES string of the molecule is C=c1cc(C)c(=C)c2c(N)cc(C)c(C)c12. The minimum absolute atomic E-state index is 0.803. The summed E-state index contributed by atoms with van der Waals surface area (Å²) in [6.07, 6.45) is 0. The Morgan fingerprint density at radius 1 is 0.938 bits per heavy atom. The maximum atomic E-state index is 6.10. The van der Waals surface area contributed by atoms with Crippen LogP contribution in [0.3, 0.4) is 0 Å². The molecule has 0 spiro atoms. The van der Waals surface area contributed by atoms with E-state index in [1.54, 1.807) is 0 Å². The predicted octanol–water partition coefficient (Wildman–Crippen LogP) is 2.17. The van der Waals surface area contributed by atoms with Crippen LogP contribution in [0.1, 0.15) is 16.7 Å². The lowest BCUT2D eigenvalue weighted by Gasteiger charge is -2.11. The van der Waals surface area contributed by atoms with E-state index in [-0.39, 0.29) is 0 Å². The number of hydrogen-bond donors (Lipinski definition) is 1. The lowest BCUT2D eigenvalue weighted by atomic mass is 9.95. The fourth-order valence-corrected chi connectivity index (χ4v) is 2.29. The molecule has 1 nitrogen and oxygen atoms in total. The molecule has 16 heavy (non-hydrogen) atoms. The van der Waals surface area contributed by atoms with Crippen LogP contribution in [0.4, 0.5) is 5.69 Å². The van der Waals surface area contributed by atoms with Crippen molar-refractivity contribution in [1.82, 2.24) is 0 Å². The van der Waals surface area contributed by atoms with Crippen LogP contribution >= 0.6 is 0 Å². The summed E-state index contributed by atoms with van der Waals surface area (Å²) in [5.41, 5.74) is 10.5. The van der Waals surface area contributed by atoms with Crippen LogP contribution in [0.25, 0.3) is 23.9 Å². The van der Waals surface area contributed by atoms with Crippen molar-refractivity contribution in [3.05, 3.63) is 39.3 Å². The van der Waals surface area contributed by atoms with Gasteiger partial charge in [-0.05, 0) is 59.4 Å². The molecule has 0 unspecified atom stereocenters. The Morgan fingerprint density at radius 2 is 1.56 bits per heavy atom. The van der Waals surface area contributed by atoms with Crippen molar-refractivity contribution in [2.75, 3.05) is 5.73 Å². The fourth-order valence-electron chi connectivity index (χ4n) is 2.29. The number of anilines is 1. The van der Waals surface area contributed by atoms with Gasteiger partial charge in [0.15, 0.2) is 0 Å². The molecule has 0 saturated heterocycles. The molecule has 2 rings (SSSR count). The van der Waals surface area contributed by atoms with E-state index < -0.39 is 0 Å². The highest BCUT2D eigenvalue weighted by Crippen LogP contribution is 2.22. The molecule has 0 saturated carbocycles. The minimum Gasteiger partial charge on any atom is -0.398 e. The van der Waals surface area contributed by atoms with Gasteiger partial charge in [0, 0.05) is 11.1 Å². The Balaban J connectivity index is 3.25. The third-order valence-corrected chi connectivity index (χ3v) is 3.37. The molecule has 0 aromatic heterocycles. The largest absolute Gasteiger partial charge is 0.398 e. The molecule has 0 aliphatic heterocycles. The molecule has 82 valence electrons. The highest BCUT2D eigenvalue weighted by molar-refractivity contribution is 5.97. The van der Waals surface area contributed by atoms with Crippen molar-refractivity contribution in [2.45, 2.75) is 20.8 Å². The Hall–Kier alpha value is -1.76. The highest BCUT2D eigenvalue weighted by atomic mass is 14.6. The number of nitrogens with two attached hydrogens (primary N) is 1. The summed E-state index contributed by atoms with van der Waals surface area (Å²) < 4.78 is 0. The number of aryl methyl sites for hydroxylation is 3. The zero-order valence-corrected chi connectivity index (χ0v) is 10.1. The molecule has 0 amide bonds. The molecule has 0 atom stereocenters. The van der Waals surface area contributed by atoms with Gasteiger partial charge >= 0.3 is 0 Å². The topological polar surface area (TPSA) is 26.0 Å². The van der Waals surface area contributed by atoms with E-state index in [9.17, 15) is 0 Å². The molecule has 2 aromatic carbocycles. The van der Waals surface area contributed by atoms with E-state index in [0.717, 1.165) is 32.5 Å². The van der Waals surface area contributed by atoms with Crippen LogP contribution in [0.2, 0.25) is 0 Å². The van der Waals surface area contributed by atoms with Crippen molar-refractivity contribution in [3.8, 4) is 0 Å². The maximum absolute atomic E-state index is 6.10. The van der Waals surface area contributed by atoms with Crippen molar-refractivity contribution in [3.63, 3.8) is 0 Å². The van der Waals surface area contributed by atoms with Crippen LogP contribution in [0, 0.1) is 20.8 Å². The van der Waals surface area contributed by atoms with Gasteiger partial charge in [0.25, 0.3) is 0 Å². The number of hydrogen-bond acceptors (Lipinski definition) is 1. The van der Waals surface area contributed by atoms with Gasteiger partial charge in [0.05, 0.1) is 0 Å². The molecule has 0 bridgehead atoms. The Morgan fingerprint density at radius 3 is 2.19 bits per heavy atom. The Labute approximate surface area is 95.9 Å². The van der Waals surface area contributed by atoms with Crippen molar-refractivity contribution < 1.29 is 0 Å². The number of benzene rings is 2. The molecule has 2 N–H and O–H groups in total. The average Bonchev–Trinajstić information content (AvgIpc) is 2.20. The van der Waals surface area contributed by atoms with E-state index in [2.05, 4.69) is 33.1 Å².